The summed E-state index contributed by atoms with van der Waals surface area (Å²) >= 11 is 0. The van der Waals surface area contributed by atoms with Gasteiger partial charge in [0, 0.05) is 11.6 Å². The van der Waals surface area contributed by atoms with Crippen molar-refractivity contribution < 1.29 is 23.7 Å². The second kappa shape index (κ2) is 9.14. The SMILES string of the molecule is O=C1C[C@@H]2OC(c3cc(OCc4ccccc4)cc(OCc4ccccc4)c3)=N[C@@H]2CO1. The third-order valence-corrected chi connectivity index (χ3v) is 5.38. The van der Waals surface area contributed by atoms with Crippen molar-refractivity contribution >= 4 is 11.9 Å². The van der Waals surface area contributed by atoms with Crippen molar-refractivity contribution in [3.8, 4) is 11.5 Å². The van der Waals surface area contributed by atoms with Crippen LogP contribution in [0.15, 0.2) is 83.9 Å². The van der Waals surface area contributed by atoms with Crippen LogP contribution in [0, 0.1) is 0 Å². The van der Waals surface area contributed by atoms with E-state index in [0.717, 1.165) is 16.7 Å². The van der Waals surface area contributed by atoms with Crippen LogP contribution in [0.25, 0.3) is 0 Å². The molecule has 32 heavy (non-hydrogen) atoms. The zero-order chi connectivity index (χ0) is 21.8. The van der Waals surface area contributed by atoms with Gasteiger partial charge in [-0.2, -0.15) is 0 Å². The summed E-state index contributed by atoms with van der Waals surface area (Å²) < 4.78 is 23.2. The fourth-order valence-electron chi connectivity index (χ4n) is 3.70. The Bertz CT molecular complexity index is 1050. The number of cyclic esters (lactones) is 1. The standard InChI is InChI=1S/C26H23NO5/c28-25-14-24-23(17-31-25)27-26(32-24)20-11-21(29-15-18-7-3-1-4-8-18)13-22(12-20)30-16-19-9-5-2-6-10-19/h1-13,23-24H,14-17H2/t23-,24+/m1/s1. The van der Waals surface area contributed by atoms with Crippen molar-refractivity contribution in [3.05, 3.63) is 95.6 Å². The Labute approximate surface area is 186 Å². The minimum atomic E-state index is -0.283. The van der Waals surface area contributed by atoms with Crippen LogP contribution in [-0.2, 0) is 27.5 Å². The maximum absolute atomic E-state index is 11.6. The van der Waals surface area contributed by atoms with E-state index in [1.165, 1.54) is 0 Å². The lowest BCUT2D eigenvalue weighted by atomic mass is 10.1. The number of nitrogens with zero attached hydrogens (tertiary/aromatic N) is 1. The molecular weight excluding hydrogens is 406 g/mol. The number of fused-ring (bicyclic) bond motifs is 1. The largest absolute Gasteiger partial charge is 0.489 e. The Kier molecular flexibility index (Phi) is 5.75. The molecule has 0 radical (unpaired) electrons. The van der Waals surface area contributed by atoms with Gasteiger partial charge in [0.05, 0.1) is 6.42 Å². The summed E-state index contributed by atoms with van der Waals surface area (Å²) in [6.07, 6.45) is -0.0759. The minimum absolute atomic E-state index is 0.176. The molecule has 0 spiro atoms. The first-order chi connectivity index (χ1) is 15.7. The maximum Gasteiger partial charge on any atom is 0.309 e. The van der Waals surface area contributed by atoms with Gasteiger partial charge in [0.15, 0.2) is 0 Å². The number of hydrogen-bond donors (Lipinski definition) is 0. The molecule has 2 atom stereocenters. The maximum atomic E-state index is 11.6. The zero-order valence-corrected chi connectivity index (χ0v) is 17.5. The van der Waals surface area contributed by atoms with Gasteiger partial charge in [-0.05, 0) is 23.3 Å². The predicted molar refractivity (Wildman–Crippen MR) is 119 cm³/mol. The Morgan fingerprint density at radius 1 is 0.844 bits per heavy atom. The fourth-order valence-corrected chi connectivity index (χ4v) is 3.70. The Morgan fingerprint density at radius 2 is 1.44 bits per heavy atom. The average molecular weight is 429 g/mol. The monoisotopic (exact) mass is 429 g/mol. The number of carbonyl (C=O) groups excluding carboxylic acids is 1. The van der Waals surface area contributed by atoms with Gasteiger partial charge < -0.3 is 18.9 Å². The highest BCUT2D eigenvalue weighted by atomic mass is 16.6. The molecule has 0 saturated carbocycles. The van der Waals surface area contributed by atoms with Gasteiger partial charge >= 0.3 is 5.97 Å². The van der Waals surface area contributed by atoms with Gasteiger partial charge in [0.1, 0.15) is 43.5 Å². The van der Waals surface area contributed by atoms with Crippen LogP contribution in [0.4, 0.5) is 0 Å². The molecule has 2 aliphatic rings. The molecule has 3 aromatic rings. The molecule has 2 aliphatic heterocycles. The van der Waals surface area contributed by atoms with E-state index in [2.05, 4.69) is 4.99 Å². The molecule has 2 heterocycles. The van der Waals surface area contributed by atoms with E-state index in [-0.39, 0.29) is 31.1 Å². The van der Waals surface area contributed by atoms with Crippen molar-refractivity contribution in [2.45, 2.75) is 31.8 Å². The van der Waals surface area contributed by atoms with Crippen molar-refractivity contribution in [1.29, 1.82) is 0 Å². The topological polar surface area (TPSA) is 66.4 Å². The van der Waals surface area contributed by atoms with Gasteiger partial charge in [-0.15, -0.1) is 0 Å². The summed E-state index contributed by atoms with van der Waals surface area (Å²) in [6, 6.07) is 25.4. The Morgan fingerprint density at radius 3 is 2.03 bits per heavy atom. The second-order valence-corrected chi connectivity index (χ2v) is 7.79. The van der Waals surface area contributed by atoms with Crippen LogP contribution < -0.4 is 9.47 Å². The first-order valence-corrected chi connectivity index (χ1v) is 10.6. The Balaban J connectivity index is 1.38. The first-order valence-electron chi connectivity index (χ1n) is 10.6. The molecule has 3 aromatic carbocycles. The summed E-state index contributed by atoms with van der Waals surface area (Å²) in [5.74, 6) is 1.54. The lowest BCUT2D eigenvalue weighted by Crippen LogP contribution is -2.36. The van der Waals surface area contributed by atoms with Crippen LogP contribution in [0.2, 0.25) is 0 Å². The first kappa shape index (κ1) is 20.1. The lowest BCUT2D eigenvalue weighted by Gasteiger charge is -2.21. The van der Waals surface area contributed by atoms with E-state index in [1.54, 1.807) is 0 Å². The molecule has 6 heteroatoms. The van der Waals surface area contributed by atoms with Gasteiger partial charge in [-0.25, -0.2) is 4.99 Å². The number of hydrogen-bond acceptors (Lipinski definition) is 6. The van der Waals surface area contributed by atoms with Crippen molar-refractivity contribution in [2.75, 3.05) is 6.61 Å². The molecule has 1 fully saturated rings. The molecule has 0 bridgehead atoms. The minimum Gasteiger partial charge on any atom is -0.489 e. The molecule has 5 rings (SSSR count). The Hall–Kier alpha value is -3.80. The highest BCUT2D eigenvalue weighted by molar-refractivity contribution is 5.96. The average Bonchev–Trinajstić information content (AvgIpc) is 3.26. The van der Waals surface area contributed by atoms with E-state index in [0.29, 0.717) is 30.6 Å². The van der Waals surface area contributed by atoms with Crippen LogP contribution in [0.3, 0.4) is 0 Å². The van der Waals surface area contributed by atoms with Crippen molar-refractivity contribution in [2.24, 2.45) is 4.99 Å². The molecule has 6 nitrogen and oxygen atoms in total. The molecule has 0 unspecified atom stereocenters. The second-order valence-electron chi connectivity index (χ2n) is 7.79. The number of rotatable bonds is 7. The third kappa shape index (κ3) is 4.75. The van der Waals surface area contributed by atoms with E-state index < -0.39 is 0 Å². The summed E-state index contributed by atoms with van der Waals surface area (Å²) in [6.45, 7) is 1.11. The van der Waals surface area contributed by atoms with Crippen LogP contribution in [-0.4, -0.2) is 30.6 Å². The summed E-state index contributed by atoms with van der Waals surface area (Å²) in [5, 5.41) is 0. The highest BCUT2D eigenvalue weighted by Gasteiger charge is 2.38. The molecule has 0 N–H and O–H groups in total. The third-order valence-electron chi connectivity index (χ3n) is 5.38. The summed E-state index contributed by atoms with van der Waals surface area (Å²) in [7, 11) is 0. The smallest absolute Gasteiger partial charge is 0.309 e. The number of carbonyl (C=O) groups is 1. The molecule has 162 valence electrons. The fraction of sp³-hybridized carbons (Fsp3) is 0.231. The quantitative estimate of drug-likeness (QED) is 0.524. The lowest BCUT2D eigenvalue weighted by molar-refractivity contribution is -0.151. The van der Waals surface area contributed by atoms with Crippen LogP contribution >= 0.6 is 0 Å². The number of esters is 1. The summed E-state index contributed by atoms with van der Waals surface area (Å²) in [5.41, 5.74) is 2.89. The van der Waals surface area contributed by atoms with Gasteiger partial charge in [0.25, 0.3) is 0 Å². The predicted octanol–water partition coefficient (Wildman–Crippen LogP) is 4.31. The molecular formula is C26H23NO5. The van der Waals surface area contributed by atoms with Gasteiger partial charge in [-0.1, -0.05) is 60.7 Å². The molecule has 0 amide bonds. The van der Waals surface area contributed by atoms with Crippen molar-refractivity contribution in [1.82, 2.24) is 0 Å². The normalized spacial score (nSPS) is 19.4. The van der Waals surface area contributed by atoms with Gasteiger partial charge in [-0.3, -0.25) is 4.79 Å². The summed E-state index contributed by atoms with van der Waals surface area (Å²) in [4.78, 5) is 16.2. The number of ether oxygens (including phenoxy) is 4. The molecule has 0 aliphatic carbocycles. The van der Waals surface area contributed by atoms with Gasteiger partial charge in [0.2, 0.25) is 5.90 Å². The van der Waals surface area contributed by atoms with E-state index in [1.807, 2.05) is 78.9 Å². The van der Waals surface area contributed by atoms with Crippen LogP contribution in [0.5, 0.6) is 11.5 Å². The van der Waals surface area contributed by atoms with Crippen molar-refractivity contribution in [3.63, 3.8) is 0 Å². The van der Waals surface area contributed by atoms with E-state index in [4.69, 9.17) is 18.9 Å². The highest BCUT2D eigenvalue weighted by Crippen LogP contribution is 2.30. The molecule has 0 aromatic heterocycles. The van der Waals surface area contributed by atoms with E-state index >= 15 is 0 Å². The van der Waals surface area contributed by atoms with E-state index in [9.17, 15) is 4.79 Å². The van der Waals surface area contributed by atoms with Crippen LogP contribution in [0.1, 0.15) is 23.1 Å². The number of benzene rings is 3. The zero-order valence-electron chi connectivity index (χ0n) is 17.5. The number of aliphatic imine (C=N–C) groups is 1. The molecule has 1 saturated heterocycles.